The van der Waals surface area contributed by atoms with Crippen LogP contribution in [-0.4, -0.2) is 31.4 Å². The van der Waals surface area contributed by atoms with E-state index in [0.717, 1.165) is 24.2 Å². The van der Waals surface area contributed by atoms with Gasteiger partial charge in [0.05, 0.1) is 4.92 Å². The Morgan fingerprint density at radius 1 is 1.50 bits per heavy atom. The fourth-order valence-corrected chi connectivity index (χ4v) is 3.38. The molecule has 1 aromatic carbocycles. The zero-order valence-electron chi connectivity index (χ0n) is 12.3. The smallest absolute Gasteiger partial charge is 0.269 e. The quantitative estimate of drug-likeness (QED) is 0.669. The summed E-state index contributed by atoms with van der Waals surface area (Å²) in [6.45, 7) is 0.148. The number of benzene rings is 1. The molecule has 0 spiro atoms. The maximum atomic E-state index is 11.0. The van der Waals surface area contributed by atoms with Gasteiger partial charge in [-0.25, -0.2) is 0 Å². The van der Waals surface area contributed by atoms with Crippen molar-refractivity contribution in [1.82, 2.24) is 14.8 Å². The molecule has 1 N–H and O–H groups in total. The zero-order chi connectivity index (χ0) is 15.7. The van der Waals surface area contributed by atoms with Gasteiger partial charge in [-0.3, -0.25) is 10.1 Å². The fourth-order valence-electron chi connectivity index (χ4n) is 3.38. The number of nitro benzene ring substituents is 1. The molecule has 0 unspecified atom stereocenters. The third-order valence-corrected chi connectivity index (χ3v) is 4.59. The van der Waals surface area contributed by atoms with Gasteiger partial charge in [-0.05, 0) is 24.3 Å². The van der Waals surface area contributed by atoms with Crippen LogP contribution in [0.5, 0.6) is 0 Å². The van der Waals surface area contributed by atoms with Crippen LogP contribution in [0, 0.1) is 16.0 Å². The minimum atomic E-state index is -0.373. The van der Waals surface area contributed by atoms with Gasteiger partial charge in [0.25, 0.3) is 5.69 Å². The van der Waals surface area contributed by atoms with E-state index in [4.69, 9.17) is 0 Å². The van der Waals surface area contributed by atoms with Crippen molar-refractivity contribution in [2.75, 3.05) is 6.61 Å². The van der Waals surface area contributed by atoms with Gasteiger partial charge in [-0.15, -0.1) is 10.2 Å². The van der Waals surface area contributed by atoms with Crippen LogP contribution in [0.1, 0.15) is 24.2 Å². The number of aliphatic hydroxyl groups is 1. The van der Waals surface area contributed by atoms with Gasteiger partial charge in [0.2, 0.25) is 0 Å². The van der Waals surface area contributed by atoms with E-state index in [1.165, 1.54) is 6.07 Å². The number of hydrogen-bond donors (Lipinski definition) is 1. The Morgan fingerprint density at radius 3 is 2.86 bits per heavy atom. The topological polar surface area (TPSA) is 94.1 Å². The highest BCUT2D eigenvalue weighted by atomic mass is 16.6. The van der Waals surface area contributed by atoms with Crippen LogP contribution < -0.4 is 0 Å². The Hall–Kier alpha value is -2.28. The summed E-state index contributed by atoms with van der Waals surface area (Å²) in [7, 11) is 1.89. The first-order valence-corrected chi connectivity index (χ1v) is 7.23. The second kappa shape index (κ2) is 5.49. The summed E-state index contributed by atoms with van der Waals surface area (Å²) in [6, 6.07) is 6.79. The molecule has 1 aliphatic carbocycles. The number of non-ortho nitro benzene ring substituents is 1. The second-order valence-corrected chi connectivity index (χ2v) is 6.08. The van der Waals surface area contributed by atoms with Gasteiger partial charge in [-0.1, -0.05) is 12.1 Å². The maximum Gasteiger partial charge on any atom is 0.269 e. The van der Waals surface area contributed by atoms with E-state index in [1.807, 2.05) is 17.7 Å². The molecular weight excluding hydrogens is 284 g/mol. The molecule has 0 aliphatic heterocycles. The first kappa shape index (κ1) is 14.6. The van der Waals surface area contributed by atoms with Gasteiger partial charge in [0.1, 0.15) is 12.2 Å². The molecule has 7 nitrogen and oxygen atoms in total. The predicted octanol–water partition coefficient (Wildman–Crippen LogP) is 1.61. The number of aliphatic hydroxyl groups excluding tert-OH is 1. The maximum absolute atomic E-state index is 11.0. The van der Waals surface area contributed by atoms with E-state index in [1.54, 1.807) is 18.5 Å². The monoisotopic (exact) mass is 302 g/mol. The summed E-state index contributed by atoms with van der Waals surface area (Å²) in [5.41, 5.74) is 0.830. The second-order valence-electron chi connectivity index (χ2n) is 6.08. The van der Waals surface area contributed by atoms with Crippen molar-refractivity contribution in [3.63, 3.8) is 0 Å². The van der Waals surface area contributed by atoms with Crippen molar-refractivity contribution < 1.29 is 10.0 Å². The van der Waals surface area contributed by atoms with Crippen LogP contribution in [0.2, 0.25) is 0 Å². The SMILES string of the molecule is Cn1cnnc1CC1(c2cccc([N+](=O)[O-])c2)CC(CO)C1. The lowest BCUT2D eigenvalue weighted by atomic mass is 9.57. The van der Waals surface area contributed by atoms with E-state index in [9.17, 15) is 15.2 Å². The minimum absolute atomic E-state index is 0.0993. The van der Waals surface area contributed by atoms with Crippen molar-refractivity contribution in [2.24, 2.45) is 13.0 Å². The molecule has 7 heteroatoms. The van der Waals surface area contributed by atoms with Crippen LogP contribution >= 0.6 is 0 Å². The molecule has 1 aliphatic rings. The van der Waals surface area contributed by atoms with Gasteiger partial charge < -0.3 is 9.67 Å². The third-order valence-electron chi connectivity index (χ3n) is 4.59. The number of aryl methyl sites for hydroxylation is 1. The van der Waals surface area contributed by atoms with E-state index in [2.05, 4.69) is 10.2 Å². The Balaban J connectivity index is 1.95. The largest absolute Gasteiger partial charge is 0.396 e. The summed E-state index contributed by atoms with van der Waals surface area (Å²) >= 11 is 0. The van der Waals surface area contributed by atoms with Crippen molar-refractivity contribution in [2.45, 2.75) is 24.7 Å². The minimum Gasteiger partial charge on any atom is -0.396 e. The fraction of sp³-hybridized carbons (Fsp3) is 0.467. The third kappa shape index (κ3) is 2.48. The van der Waals surface area contributed by atoms with Gasteiger partial charge >= 0.3 is 0 Å². The Kier molecular flexibility index (Phi) is 3.66. The Bertz CT molecular complexity index is 692. The number of rotatable bonds is 5. The average Bonchev–Trinajstić information content (AvgIpc) is 2.87. The molecule has 1 saturated carbocycles. The number of nitro groups is 1. The molecular formula is C15H18N4O3. The lowest BCUT2D eigenvalue weighted by Gasteiger charge is -2.47. The van der Waals surface area contributed by atoms with Gasteiger partial charge in [0, 0.05) is 37.6 Å². The molecule has 2 aromatic rings. The van der Waals surface area contributed by atoms with Gasteiger partial charge in [-0.2, -0.15) is 0 Å². The average molecular weight is 302 g/mol. The van der Waals surface area contributed by atoms with E-state index >= 15 is 0 Å². The highest BCUT2D eigenvalue weighted by molar-refractivity contribution is 5.40. The summed E-state index contributed by atoms with van der Waals surface area (Å²) in [5.74, 6) is 1.09. The van der Waals surface area contributed by atoms with Crippen LogP contribution in [0.25, 0.3) is 0 Å². The summed E-state index contributed by atoms with van der Waals surface area (Å²) < 4.78 is 1.87. The first-order chi connectivity index (χ1) is 10.5. The van der Waals surface area contributed by atoms with E-state index in [0.29, 0.717) is 6.42 Å². The molecule has 116 valence electrons. The summed E-state index contributed by atoms with van der Waals surface area (Å²) in [4.78, 5) is 10.6. The summed E-state index contributed by atoms with van der Waals surface area (Å²) in [5, 5.41) is 28.4. The molecule has 0 bridgehead atoms. The molecule has 1 heterocycles. The standard InChI is InChI=1S/C15H18N4O3/c1-18-10-16-17-14(18)8-15(6-11(7-15)9-20)12-3-2-4-13(5-12)19(21)22/h2-5,10-11,20H,6-9H2,1H3. The van der Waals surface area contributed by atoms with Crippen molar-refractivity contribution >= 4 is 5.69 Å². The molecule has 1 fully saturated rings. The van der Waals surface area contributed by atoms with Crippen LogP contribution in [0.15, 0.2) is 30.6 Å². The Labute approximate surface area is 127 Å². The molecule has 0 saturated heterocycles. The van der Waals surface area contributed by atoms with Crippen molar-refractivity contribution in [3.05, 3.63) is 52.1 Å². The number of aromatic nitrogens is 3. The van der Waals surface area contributed by atoms with Crippen LogP contribution in [0.3, 0.4) is 0 Å². The Morgan fingerprint density at radius 2 is 2.27 bits per heavy atom. The highest BCUT2D eigenvalue weighted by Gasteiger charge is 2.46. The lowest BCUT2D eigenvalue weighted by molar-refractivity contribution is -0.385. The van der Waals surface area contributed by atoms with Crippen molar-refractivity contribution in [3.8, 4) is 0 Å². The molecule has 0 atom stereocenters. The van der Waals surface area contributed by atoms with Crippen LogP contribution in [0.4, 0.5) is 5.69 Å². The number of nitrogens with zero attached hydrogens (tertiary/aromatic N) is 4. The lowest BCUT2D eigenvalue weighted by Crippen LogP contribution is -2.45. The highest BCUT2D eigenvalue weighted by Crippen LogP contribution is 2.50. The molecule has 1 aromatic heterocycles. The summed E-state index contributed by atoms with van der Waals surface area (Å²) in [6.07, 6.45) is 3.93. The van der Waals surface area contributed by atoms with Crippen LogP contribution in [-0.2, 0) is 18.9 Å². The predicted molar refractivity (Wildman–Crippen MR) is 79.3 cm³/mol. The molecule has 22 heavy (non-hydrogen) atoms. The van der Waals surface area contributed by atoms with E-state index in [-0.39, 0.29) is 28.6 Å². The first-order valence-electron chi connectivity index (χ1n) is 7.23. The van der Waals surface area contributed by atoms with E-state index < -0.39 is 0 Å². The molecule has 3 rings (SSSR count). The normalized spacial score (nSPS) is 24.0. The zero-order valence-corrected chi connectivity index (χ0v) is 12.3. The molecule has 0 amide bonds. The molecule has 0 radical (unpaired) electrons. The number of hydrogen-bond acceptors (Lipinski definition) is 5. The van der Waals surface area contributed by atoms with Gasteiger partial charge in [0.15, 0.2) is 0 Å². The van der Waals surface area contributed by atoms with Crippen molar-refractivity contribution in [1.29, 1.82) is 0 Å².